The Hall–Kier alpha value is -0.580. The Balaban J connectivity index is 3.02. The molecule has 2 N–H and O–H groups in total. The third-order valence-electron chi connectivity index (χ3n) is 4.59. The van der Waals surface area contributed by atoms with Gasteiger partial charge in [-0.05, 0) is 40.3 Å². The summed E-state index contributed by atoms with van der Waals surface area (Å²) in [6, 6.07) is 0.0154. The lowest BCUT2D eigenvalue weighted by Crippen LogP contribution is -2.57. The van der Waals surface area contributed by atoms with Crippen molar-refractivity contribution in [2.24, 2.45) is 5.73 Å². The van der Waals surface area contributed by atoms with Crippen molar-refractivity contribution in [3.05, 3.63) is 16.4 Å². The number of halogens is 1. The summed E-state index contributed by atoms with van der Waals surface area (Å²) >= 11 is 6.50. The lowest BCUT2D eigenvalue weighted by molar-refractivity contribution is 0.106. The van der Waals surface area contributed by atoms with E-state index < -0.39 is 0 Å². The standard InChI is InChI=1S/C16H31ClN4/c1-7-12-15(17)13(21(10-4)19-12)11-14(18)16(5,6)20(8-2)9-3/h14H,7-11,18H2,1-6H3. The van der Waals surface area contributed by atoms with Crippen molar-refractivity contribution in [3.63, 3.8) is 0 Å². The molecular formula is C16H31ClN4. The van der Waals surface area contributed by atoms with Crippen LogP contribution in [0.25, 0.3) is 0 Å². The van der Waals surface area contributed by atoms with Crippen molar-refractivity contribution in [2.75, 3.05) is 13.1 Å². The van der Waals surface area contributed by atoms with Crippen LogP contribution in [-0.4, -0.2) is 39.4 Å². The van der Waals surface area contributed by atoms with Gasteiger partial charge in [-0.1, -0.05) is 32.4 Å². The highest BCUT2D eigenvalue weighted by atomic mass is 35.5. The first-order chi connectivity index (χ1) is 9.83. The predicted molar refractivity (Wildman–Crippen MR) is 91.0 cm³/mol. The molecule has 0 amide bonds. The highest BCUT2D eigenvalue weighted by Gasteiger charge is 2.33. The molecular weight excluding hydrogens is 284 g/mol. The molecule has 0 bridgehead atoms. The van der Waals surface area contributed by atoms with E-state index in [4.69, 9.17) is 17.3 Å². The molecule has 1 heterocycles. The van der Waals surface area contributed by atoms with E-state index >= 15 is 0 Å². The van der Waals surface area contributed by atoms with Gasteiger partial charge in [-0.2, -0.15) is 5.10 Å². The van der Waals surface area contributed by atoms with E-state index in [0.29, 0.717) is 0 Å². The number of aromatic nitrogens is 2. The quantitative estimate of drug-likeness (QED) is 0.802. The topological polar surface area (TPSA) is 47.1 Å². The smallest absolute Gasteiger partial charge is 0.0850 e. The van der Waals surface area contributed by atoms with Gasteiger partial charge in [0.15, 0.2) is 0 Å². The van der Waals surface area contributed by atoms with E-state index in [1.54, 1.807) is 0 Å². The number of likely N-dealkylation sites (N-methyl/N-ethyl adjacent to an activating group) is 1. The molecule has 122 valence electrons. The molecule has 1 atom stereocenters. The van der Waals surface area contributed by atoms with E-state index in [-0.39, 0.29) is 11.6 Å². The van der Waals surface area contributed by atoms with Crippen LogP contribution in [0.2, 0.25) is 5.02 Å². The fourth-order valence-electron chi connectivity index (χ4n) is 2.94. The Morgan fingerprint density at radius 2 is 1.81 bits per heavy atom. The number of hydrogen-bond donors (Lipinski definition) is 1. The first-order valence-corrected chi connectivity index (χ1v) is 8.45. The zero-order valence-electron chi connectivity index (χ0n) is 14.4. The fourth-order valence-corrected chi connectivity index (χ4v) is 3.29. The molecule has 0 saturated heterocycles. The maximum Gasteiger partial charge on any atom is 0.0850 e. The van der Waals surface area contributed by atoms with Gasteiger partial charge in [0, 0.05) is 24.5 Å². The Kier molecular flexibility index (Phi) is 6.70. The van der Waals surface area contributed by atoms with Crippen LogP contribution in [0, 0.1) is 0 Å². The molecule has 0 fully saturated rings. The van der Waals surface area contributed by atoms with E-state index in [0.717, 1.165) is 48.9 Å². The average Bonchev–Trinajstić information content (AvgIpc) is 2.76. The summed E-state index contributed by atoms with van der Waals surface area (Å²) in [6.07, 6.45) is 1.61. The molecule has 0 aromatic carbocycles. The van der Waals surface area contributed by atoms with Gasteiger partial charge >= 0.3 is 0 Å². The number of rotatable bonds is 8. The van der Waals surface area contributed by atoms with Gasteiger partial charge < -0.3 is 5.73 Å². The van der Waals surface area contributed by atoms with Crippen LogP contribution < -0.4 is 5.73 Å². The first-order valence-electron chi connectivity index (χ1n) is 8.07. The van der Waals surface area contributed by atoms with Gasteiger partial charge in [0.1, 0.15) is 0 Å². The van der Waals surface area contributed by atoms with Gasteiger partial charge in [-0.25, -0.2) is 0 Å². The normalized spacial score (nSPS) is 14.0. The van der Waals surface area contributed by atoms with Gasteiger partial charge in [0.2, 0.25) is 0 Å². The van der Waals surface area contributed by atoms with Crippen molar-refractivity contribution >= 4 is 11.6 Å². The number of aryl methyl sites for hydroxylation is 2. The van der Waals surface area contributed by atoms with E-state index in [1.807, 2.05) is 4.68 Å². The Morgan fingerprint density at radius 1 is 1.24 bits per heavy atom. The second-order valence-corrected chi connectivity index (χ2v) is 6.39. The summed E-state index contributed by atoms with van der Waals surface area (Å²) in [6.45, 7) is 15.8. The second-order valence-electron chi connectivity index (χ2n) is 6.01. The average molecular weight is 315 g/mol. The summed E-state index contributed by atoms with van der Waals surface area (Å²) in [5.74, 6) is 0. The largest absolute Gasteiger partial charge is 0.326 e. The van der Waals surface area contributed by atoms with Gasteiger partial charge in [0.05, 0.1) is 16.4 Å². The molecule has 5 heteroatoms. The summed E-state index contributed by atoms with van der Waals surface area (Å²) in [7, 11) is 0. The Bertz CT molecular complexity index is 449. The number of hydrogen-bond acceptors (Lipinski definition) is 3. The molecule has 0 spiro atoms. The highest BCUT2D eigenvalue weighted by molar-refractivity contribution is 6.31. The van der Waals surface area contributed by atoms with Gasteiger partial charge in [0.25, 0.3) is 0 Å². The summed E-state index contributed by atoms with van der Waals surface area (Å²) in [4.78, 5) is 2.40. The Morgan fingerprint density at radius 3 is 2.24 bits per heavy atom. The maximum absolute atomic E-state index is 6.54. The summed E-state index contributed by atoms with van der Waals surface area (Å²) in [5.41, 5.74) is 8.52. The van der Waals surface area contributed by atoms with Crippen molar-refractivity contribution in [2.45, 2.75) is 72.5 Å². The highest BCUT2D eigenvalue weighted by Crippen LogP contribution is 2.26. The lowest BCUT2D eigenvalue weighted by atomic mass is 9.89. The first kappa shape index (κ1) is 18.5. The van der Waals surface area contributed by atoms with Crippen LogP contribution in [0.4, 0.5) is 0 Å². The lowest BCUT2D eigenvalue weighted by Gasteiger charge is -2.42. The molecule has 21 heavy (non-hydrogen) atoms. The van der Waals surface area contributed by atoms with Crippen molar-refractivity contribution in [1.82, 2.24) is 14.7 Å². The van der Waals surface area contributed by atoms with Gasteiger partial charge in [-0.3, -0.25) is 9.58 Å². The minimum Gasteiger partial charge on any atom is -0.326 e. The molecule has 0 saturated carbocycles. The molecule has 0 aliphatic rings. The molecule has 1 aromatic heterocycles. The van der Waals surface area contributed by atoms with Crippen LogP contribution in [-0.2, 0) is 19.4 Å². The predicted octanol–water partition coefficient (Wildman–Crippen LogP) is 3.11. The van der Waals surface area contributed by atoms with Crippen molar-refractivity contribution in [1.29, 1.82) is 0 Å². The molecule has 4 nitrogen and oxygen atoms in total. The molecule has 1 unspecified atom stereocenters. The molecule has 0 radical (unpaired) electrons. The molecule has 1 rings (SSSR count). The minimum atomic E-state index is -0.0674. The monoisotopic (exact) mass is 314 g/mol. The zero-order chi connectivity index (χ0) is 16.2. The number of nitrogens with two attached hydrogens (primary N) is 1. The minimum absolute atomic E-state index is 0.0154. The zero-order valence-corrected chi connectivity index (χ0v) is 15.2. The third-order valence-corrected chi connectivity index (χ3v) is 5.03. The molecule has 0 aliphatic heterocycles. The van der Waals surface area contributed by atoms with Crippen LogP contribution >= 0.6 is 11.6 Å². The van der Waals surface area contributed by atoms with Crippen molar-refractivity contribution < 1.29 is 0 Å². The number of nitrogens with zero attached hydrogens (tertiary/aromatic N) is 3. The van der Waals surface area contributed by atoms with Crippen LogP contribution in [0.1, 0.15) is 52.9 Å². The Labute approximate surface area is 134 Å². The van der Waals surface area contributed by atoms with Crippen LogP contribution in [0.3, 0.4) is 0 Å². The fraction of sp³-hybridized carbons (Fsp3) is 0.812. The molecule has 1 aromatic rings. The maximum atomic E-state index is 6.54. The summed E-state index contributed by atoms with van der Waals surface area (Å²) in [5, 5.41) is 5.38. The van der Waals surface area contributed by atoms with Gasteiger partial charge in [-0.15, -0.1) is 0 Å². The van der Waals surface area contributed by atoms with E-state index in [2.05, 4.69) is 51.5 Å². The molecule has 0 aliphatic carbocycles. The SMILES string of the molecule is CCc1nn(CC)c(CC(N)C(C)(C)N(CC)CC)c1Cl. The second kappa shape index (κ2) is 7.61. The third kappa shape index (κ3) is 3.79. The van der Waals surface area contributed by atoms with E-state index in [9.17, 15) is 0 Å². The van der Waals surface area contributed by atoms with Crippen LogP contribution in [0.5, 0.6) is 0 Å². The van der Waals surface area contributed by atoms with Crippen molar-refractivity contribution in [3.8, 4) is 0 Å². The van der Waals surface area contributed by atoms with E-state index in [1.165, 1.54) is 0 Å². The van der Waals surface area contributed by atoms with Crippen LogP contribution in [0.15, 0.2) is 0 Å². The summed E-state index contributed by atoms with van der Waals surface area (Å²) < 4.78 is 2.00.